The zero-order chi connectivity index (χ0) is 14.7. The molecule has 0 N–H and O–H groups in total. The van der Waals surface area contributed by atoms with Crippen molar-refractivity contribution in [1.29, 1.82) is 0 Å². The van der Waals surface area contributed by atoms with Crippen molar-refractivity contribution in [3.63, 3.8) is 0 Å². The molecular formula is C15H18N2O3S. The Bertz CT molecular complexity index is 529. The Labute approximate surface area is 128 Å². The average Bonchev–Trinajstić information content (AvgIpc) is 2.92. The minimum absolute atomic E-state index is 0.141. The Morgan fingerprint density at radius 2 is 2.05 bits per heavy atom. The highest BCUT2D eigenvalue weighted by molar-refractivity contribution is 8.14. The maximum atomic E-state index is 11.3. The van der Waals surface area contributed by atoms with E-state index in [1.165, 1.54) is 18.7 Å². The summed E-state index contributed by atoms with van der Waals surface area (Å²) in [6, 6.07) is 9.83. The summed E-state index contributed by atoms with van der Waals surface area (Å²) in [7, 11) is 0. The van der Waals surface area contributed by atoms with E-state index in [0.29, 0.717) is 13.2 Å². The van der Waals surface area contributed by atoms with Gasteiger partial charge in [0, 0.05) is 20.0 Å². The number of rotatable bonds is 2. The summed E-state index contributed by atoms with van der Waals surface area (Å²) in [4.78, 5) is 18.3. The van der Waals surface area contributed by atoms with E-state index in [1.54, 1.807) is 0 Å². The zero-order valence-corrected chi connectivity index (χ0v) is 12.7. The topological polar surface area (TPSA) is 51.1 Å². The summed E-state index contributed by atoms with van der Waals surface area (Å²) in [5, 5.41) is 0.943. The lowest BCUT2D eigenvalue weighted by molar-refractivity contribution is -0.142. The van der Waals surface area contributed by atoms with Gasteiger partial charge >= 0.3 is 5.97 Å². The van der Waals surface area contributed by atoms with Gasteiger partial charge in [-0.1, -0.05) is 30.3 Å². The second kappa shape index (κ2) is 6.49. The number of nitrogens with zero attached hydrogens (tertiary/aromatic N) is 2. The molecule has 2 heterocycles. The second-order valence-corrected chi connectivity index (χ2v) is 6.03. The summed E-state index contributed by atoms with van der Waals surface area (Å²) in [6.07, 6.45) is 0. The van der Waals surface area contributed by atoms with E-state index in [4.69, 9.17) is 14.5 Å². The standard InChI is InChI=1S/C15H18N2O3S/c1-11(18)20-14-13(12-5-3-2-4-6-12)16-15(21-14)17-7-9-19-10-8-17/h2-6,13-14H,7-10H2,1H3. The Hall–Kier alpha value is -1.53. The van der Waals surface area contributed by atoms with Gasteiger partial charge in [0.25, 0.3) is 0 Å². The van der Waals surface area contributed by atoms with Crippen molar-refractivity contribution < 1.29 is 14.3 Å². The molecule has 2 unspecified atom stereocenters. The molecule has 0 saturated carbocycles. The first-order valence-corrected chi connectivity index (χ1v) is 7.91. The Morgan fingerprint density at radius 1 is 1.33 bits per heavy atom. The molecule has 0 aliphatic carbocycles. The minimum atomic E-state index is -0.289. The van der Waals surface area contributed by atoms with Crippen LogP contribution in [0.2, 0.25) is 0 Å². The fourth-order valence-electron chi connectivity index (χ4n) is 2.42. The molecule has 2 aliphatic rings. The summed E-state index contributed by atoms with van der Waals surface area (Å²) < 4.78 is 10.8. The quantitative estimate of drug-likeness (QED) is 0.783. The van der Waals surface area contributed by atoms with Crippen LogP contribution in [0.1, 0.15) is 18.5 Å². The molecule has 2 aliphatic heterocycles. The van der Waals surface area contributed by atoms with Crippen molar-refractivity contribution in [3.05, 3.63) is 35.9 Å². The summed E-state index contributed by atoms with van der Waals surface area (Å²) >= 11 is 1.53. The number of thioether (sulfide) groups is 1. The van der Waals surface area contributed by atoms with Crippen LogP contribution in [0, 0.1) is 0 Å². The van der Waals surface area contributed by atoms with E-state index in [2.05, 4.69) is 4.90 Å². The smallest absolute Gasteiger partial charge is 0.303 e. The van der Waals surface area contributed by atoms with Crippen molar-refractivity contribution in [3.8, 4) is 0 Å². The predicted molar refractivity (Wildman–Crippen MR) is 82.2 cm³/mol. The normalized spacial score (nSPS) is 25.6. The lowest BCUT2D eigenvalue weighted by Crippen LogP contribution is -2.39. The van der Waals surface area contributed by atoms with Crippen LogP contribution in [0.15, 0.2) is 35.3 Å². The van der Waals surface area contributed by atoms with Gasteiger partial charge in [-0.25, -0.2) is 4.99 Å². The van der Waals surface area contributed by atoms with Gasteiger partial charge in [-0.2, -0.15) is 0 Å². The number of amidine groups is 1. The van der Waals surface area contributed by atoms with Crippen molar-refractivity contribution >= 4 is 22.9 Å². The highest BCUT2D eigenvalue weighted by atomic mass is 32.2. The number of aliphatic imine (C=N–C) groups is 1. The molecular weight excluding hydrogens is 288 g/mol. The van der Waals surface area contributed by atoms with Gasteiger partial charge < -0.3 is 14.4 Å². The van der Waals surface area contributed by atoms with E-state index in [-0.39, 0.29) is 17.4 Å². The Kier molecular flexibility index (Phi) is 4.45. The number of morpholine rings is 1. The third-order valence-corrected chi connectivity index (χ3v) is 4.59. The summed E-state index contributed by atoms with van der Waals surface area (Å²) in [5.41, 5.74) is 0.780. The first kappa shape index (κ1) is 14.4. The van der Waals surface area contributed by atoms with Crippen molar-refractivity contribution in [2.24, 2.45) is 4.99 Å². The molecule has 1 fully saturated rings. The van der Waals surface area contributed by atoms with Crippen LogP contribution >= 0.6 is 11.8 Å². The van der Waals surface area contributed by atoms with Crippen molar-refractivity contribution in [2.75, 3.05) is 26.3 Å². The first-order chi connectivity index (χ1) is 10.2. The molecule has 112 valence electrons. The SMILES string of the molecule is CC(=O)OC1SC(N2CCOCC2)=NC1c1ccccc1. The number of hydrogen-bond donors (Lipinski definition) is 0. The maximum Gasteiger partial charge on any atom is 0.303 e. The molecule has 0 radical (unpaired) electrons. The fraction of sp³-hybridized carbons (Fsp3) is 0.467. The van der Waals surface area contributed by atoms with Crippen LogP contribution < -0.4 is 0 Å². The first-order valence-electron chi connectivity index (χ1n) is 7.03. The zero-order valence-electron chi connectivity index (χ0n) is 11.9. The molecule has 1 aromatic rings. The number of hydrogen-bond acceptors (Lipinski definition) is 6. The van der Waals surface area contributed by atoms with Gasteiger partial charge in [0.05, 0.1) is 13.2 Å². The number of carbonyl (C=O) groups excluding carboxylic acids is 1. The molecule has 3 rings (SSSR count). The fourth-order valence-corrected chi connectivity index (χ4v) is 3.67. The minimum Gasteiger partial charge on any atom is -0.448 e. The van der Waals surface area contributed by atoms with Gasteiger partial charge in [0.1, 0.15) is 6.04 Å². The highest BCUT2D eigenvalue weighted by Crippen LogP contribution is 2.39. The van der Waals surface area contributed by atoms with Gasteiger partial charge in [0.2, 0.25) is 0 Å². The largest absolute Gasteiger partial charge is 0.448 e. The van der Waals surface area contributed by atoms with E-state index in [9.17, 15) is 4.79 Å². The van der Waals surface area contributed by atoms with Crippen molar-refractivity contribution in [1.82, 2.24) is 4.90 Å². The lowest BCUT2D eigenvalue weighted by atomic mass is 10.1. The molecule has 6 heteroatoms. The molecule has 0 bridgehead atoms. The van der Waals surface area contributed by atoms with E-state index in [0.717, 1.165) is 23.8 Å². The van der Waals surface area contributed by atoms with Crippen LogP contribution in [0.4, 0.5) is 0 Å². The Balaban J connectivity index is 1.81. The van der Waals surface area contributed by atoms with E-state index in [1.807, 2.05) is 30.3 Å². The summed E-state index contributed by atoms with van der Waals surface area (Å²) in [5.74, 6) is -0.271. The van der Waals surface area contributed by atoms with Gasteiger partial charge in [-0.05, 0) is 17.3 Å². The third kappa shape index (κ3) is 3.39. The molecule has 5 nitrogen and oxygen atoms in total. The number of esters is 1. The van der Waals surface area contributed by atoms with E-state index < -0.39 is 0 Å². The monoisotopic (exact) mass is 306 g/mol. The molecule has 1 aromatic carbocycles. The predicted octanol–water partition coefficient (Wildman–Crippen LogP) is 2.05. The van der Waals surface area contributed by atoms with Gasteiger partial charge in [-0.3, -0.25) is 4.79 Å². The van der Waals surface area contributed by atoms with Crippen LogP contribution in [-0.4, -0.2) is 47.8 Å². The second-order valence-electron chi connectivity index (χ2n) is 4.96. The lowest BCUT2D eigenvalue weighted by Gasteiger charge is -2.27. The number of benzene rings is 1. The van der Waals surface area contributed by atoms with Crippen LogP contribution in [0.25, 0.3) is 0 Å². The molecule has 0 aromatic heterocycles. The number of ether oxygens (including phenoxy) is 2. The van der Waals surface area contributed by atoms with Crippen LogP contribution in [0.5, 0.6) is 0 Å². The van der Waals surface area contributed by atoms with E-state index >= 15 is 0 Å². The third-order valence-electron chi connectivity index (χ3n) is 3.43. The van der Waals surface area contributed by atoms with Crippen molar-refractivity contribution in [2.45, 2.75) is 18.4 Å². The van der Waals surface area contributed by atoms with Crippen LogP contribution in [0.3, 0.4) is 0 Å². The molecule has 0 amide bonds. The molecule has 2 atom stereocenters. The van der Waals surface area contributed by atoms with Crippen LogP contribution in [-0.2, 0) is 14.3 Å². The van der Waals surface area contributed by atoms with Gasteiger partial charge in [0.15, 0.2) is 10.6 Å². The molecule has 21 heavy (non-hydrogen) atoms. The average molecular weight is 306 g/mol. The molecule has 1 saturated heterocycles. The molecule has 0 spiro atoms. The highest BCUT2D eigenvalue weighted by Gasteiger charge is 2.36. The maximum absolute atomic E-state index is 11.3. The Morgan fingerprint density at radius 3 is 2.71 bits per heavy atom. The number of carbonyl (C=O) groups is 1. The van der Waals surface area contributed by atoms with Gasteiger partial charge in [-0.15, -0.1) is 0 Å². The summed E-state index contributed by atoms with van der Waals surface area (Å²) in [6.45, 7) is 4.54.